The Morgan fingerprint density at radius 3 is 2.05 bits per heavy atom. The van der Waals surface area contributed by atoms with Gasteiger partial charge in [-0.05, 0) is 31.5 Å². The van der Waals surface area contributed by atoms with Gasteiger partial charge in [-0.25, -0.2) is 0 Å². The summed E-state index contributed by atoms with van der Waals surface area (Å²) in [6, 6.07) is 3.88. The molecule has 1 aromatic carbocycles. The van der Waals surface area contributed by atoms with Crippen molar-refractivity contribution < 1.29 is 18.9 Å². The molecule has 0 radical (unpaired) electrons. The van der Waals surface area contributed by atoms with E-state index in [1.54, 1.807) is 21.3 Å². The molecule has 20 heavy (non-hydrogen) atoms. The van der Waals surface area contributed by atoms with Crippen LogP contribution in [0.15, 0.2) is 12.1 Å². The van der Waals surface area contributed by atoms with E-state index < -0.39 is 0 Å². The number of nitrogens with one attached hydrogen (secondary N) is 1. The molecular weight excluding hydrogens is 258 g/mol. The third-order valence-corrected chi connectivity index (χ3v) is 2.78. The SMILES string of the molecule is COc1cc(CNCCOC(C)C)cc(OC)c1OC. The first-order valence-corrected chi connectivity index (χ1v) is 6.73. The number of ether oxygens (including phenoxy) is 4. The fraction of sp³-hybridized carbons (Fsp3) is 0.600. The first-order chi connectivity index (χ1) is 9.62. The van der Waals surface area contributed by atoms with Crippen LogP contribution in [0.4, 0.5) is 0 Å². The monoisotopic (exact) mass is 283 g/mol. The molecule has 0 aliphatic rings. The van der Waals surface area contributed by atoms with Crippen molar-refractivity contribution in [3.05, 3.63) is 17.7 Å². The van der Waals surface area contributed by atoms with Crippen molar-refractivity contribution in [2.45, 2.75) is 26.5 Å². The molecule has 0 aliphatic heterocycles. The Balaban J connectivity index is 2.62. The van der Waals surface area contributed by atoms with E-state index in [2.05, 4.69) is 5.32 Å². The molecule has 5 heteroatoms. The van der Waals surface area contributed by atoms with Crippen molar-refractivity contribution in [3.8, 4) is 17.2 Å². The standard InChI is InChI=1S/C15H25NO4/c1-11(2)20-7-6-16-10-12-8-13(17-3)15(19-5)14(9-12)18-4/h8-9,11,16H,6-7,10H2,1-5H3. The zero-order valence-electron chi connectivity index (χ0n) is 13.0. The lowest BCUT2D eigenvalue weighted by Gasteiger charge is -2.14. The highest BCUT2D eigenvalue weighted by Gasteiger charge is 2.12. The van der Waals surface area contributed by atoms with Crippen molar-refractivity contribution >= 4 is 0 Å². The molecule has 0 aliphatic carbocycles. The normalized spacial score (nSPS) is 10.7. The van der Waals surface area contributed by atoms with Gasteiger partial charge in [0.05, 0.1) is 34.0 Å². The molecule has 1 N–H and O–H groups in total. The van der Waals surface area contributed by atoms with Crippen LogP contribution in [0.2, 0.25) is 0 Å². The van der Waals surface area contributed by atoms with Crippen LogP contribution in [0.1, 0.15) is 19.4 Å². The molecule has 0 fully saturated rings. The summed E-state index contributed by atoms with van der Waals surface area (Å²) in [6.45, 7) is 6.27. The highest BCUT2D eigenvalue weighted by atomic mass is 16.5. The molecule has 0 saturated heterocycles. The molecule has 114 valence electrons. The Labute approximate surface area is 121 Å². The lowest BCUT2D eigenvalue weighted by Crippen LogP contribution is -2.21. The van der Waals surface area contributed by atoms with Crippen LogP contribution in [-0.4, -0.2) is 40.6 Å². The molecule has 0 amide bonds. The van der Waals surface area contributed by atoms with Crippen LogP contribution >= 0.6 is 0 Å². The van der Waals surface area contributed by atoms with Crippen molar-refractivity contribution in [1.82, 2.24) is 5.32 Å². The van der Waals surface area contributed by atoms with Gasteiger partial charge in [-0.15, -0.1) is 0 Å². The zero-order valence-corrected chi connectivity index (χ0v) is 13.0. The minimum atomic E-state index is 0.262. The van der Waals surface area contributed by atoms with Gasteiger partial charge in [-0.1, -0.05) is 0 Å². The molecule has 0 heterocycles. The summed E-state index contributed by atoms with van der Waals surface area (Å²) in [5, 5.41) is 3.32. The Bertz CT molecular complexity index is 382. The average molecular weight is 283 g/mol. The maximum atomic E-state index is 5.47. The molecule has 1 aromatic rings. The summed E-state index contributed by atoms with van der Waals surface area (Å²) in [5.74, 6) is 1.95. The molecule has 0 unspecified atom stereocenters. The number of hydrogen-bond acceptors (Lipinski definition) is 5. The number of hydrogen-bond donors (Lipinski definition) is 1. The molecule has 0 bridgehead atoms. The van der Waals surface area contributed by atoms with Gasteiger partial charge in [0.2, 0.25) is 5.75 Å². The van der Waals surface area contributed by atoms with Crippen LogP contribution in [0, 0.1) is 0 Å². The van der Waals surface area contributed by atoms with Gasteiger partial charge in [0.1, 0.15) is 0 Å². The van der Waals surface area contributed by atoms with Crippen molar-refractivity contribution in [2.75, 3.05) is 34.5 Å². The van der Waals surface area contributed by atoms with Crippen molar-refractivity contribution in [3.63, 3.8) is 0 Å². The smallest absolute Gasteiger partial charge is 0.203 e. The Kier molecular flexibility index (Phi) is 7.18. The Morgan fingerprint density at radius 1 is 1.00 bits per heavy atom. The lowest BCUT2D eigenvalue weighted by atomic mass is 10.2. The minimum Gasteiger partial charge on any atom is -0.493 e. The average Bonchev–Trinajstić information content (AvgIpc) is 2.45. The van der Waals surface area contributed by atoms with Crippen LogP contribution in [0.5, 0.6) is 17.2 Å². The molecule has 0 aromatic heterocycles. The lowest BCUT2D eigenvalue weighted by molar-refractivity contribution is 0.0807. The van der Waals surface area contributed by atoms with Gasteiger partial charge < -0.3 is 24.3 Å². The number of rotatable bonds is 9. The molecular formula is C15H25NO4. The fourth-order valence-electron chi connectivity index (χ4n) is 1.84. The second-order valence-corrected chi connectivity index (χ2v) is 4.63. The number of benzene rings is 1. The first kappa shape index (κ1) is 16.6. The highest BCUT2D eigenvalue weighted by molar-refractivity contribution is 5.53. The van der Waals surface area contributed by atoms with E-state index in [0.717, 1.165) is 18.7 Å². The van der Waals surface area contributed by atoms with E-state index in [4.69, 9.17) is 18.9 Å². The van der Waals surface area contributed by atoms with E-state index in [1.807, 2.05) is 26.0 Å². The van der Waals surface area contributed by atoms with E-state index in [1.165, 1.54) is 0 Å². The number of methoxy groups -OCH3 is 3. The van der Waals surface area contributed by atoms with E-state index in [9.17, 15) is 0 Å². The van der Waals surface area contributed by atoms with Crippen LogP contribution < -0.4 is 19.5 Å². The molecule has 0 atom stereocenters. The summed E-state index contributed by atoms with van der Waals surface area (Å²) in [6.07, 6.45) is 0.262. The van der Waals surface area contributed by atoms with Gasteiger partial charge in [0.15, 0.2) is 11.5 Å². The quantitative estimate of drug-likeness (QED) is 0.704. The van der Waals surface area contributed by atoms with Gasteiger partial charge in [-0.3, -0.25) is 0 Å². The van der Waals surface area contributed by atoms with Crippen LogP contribution in [-0.2, 0) is 11.3 Å². The summed E-state index contributed by atoms with van der Waals surface area (Å²) in [4.78, 5) is 0. The van der Waals surface area contributed by atoms with E-state index in [-0.39, 0.29) is 6.10 Å². The zero-order chi connectivity index (χ0) is 15.0. The third kappa shape index (κ3) is 4.90. The molecule has 1 rings (SSSR count). The fourth-order valence-corrected chi connectivity index (χ4v) is 1.84. The van der Waals surface area contributed by atoms with Crippen molar-refractivity contribution in [2.24, 2.45) is 0 Å². The first-order valence-electron chi connectivity index (χ1n) is 6.73. The van der Waals surface area contributed by atoms with E-state index >= 15 is 0 Å². The largest absolute Gasteiger partial charge is 0.493 e. The predicted molar refractivity (Wildman–Crippen MR) is 78.9 cm³/mol. The Hall–Kier alpha value is -1.46. The molecule has 5 nitrogen and oxygen atoms in total. The van der Waals surface area contributed by atoms with Crippen LogP contribution in [0.25, 0.3) is 0 Å². The van der Waals surface area contributed by atoms with Gasteiger partial charge in [0, 0.05) is 13.1 Å². The third-order valence-electron chi connectivity index (χ3n) is 2.78. The van der Waals surface area contributed by atoms with Crippen LogP contribution in [0.3, 0.4) is 0 Å². The van der Waals surface area contributed by atoms with Gasteiger partial charge in [-0.2, -0.15) is 0 Å². The Morgan fingerprint density at radius 2 is 1.60 bits per heavy atom. The molecule has 0 saturated carbocycles. The second kappa shape index (κ2) is 8.66. The van der Waals surface area contributed by atoms with Gasteiger partial charge >= 0.3 is 0 Å². The summed E-state index contributed by atoms with van der Waals surface area (Å²) >= 11 is 0. The van der Waals surface area contributed by atoms with Gasteiger partial charge in [0.25, 0.3) is 0 Å². The predicted octanol–water partition coefficient (Wildman–Crippen LogP) is 2.23. The van der Waals surface area contributed by atoms with Crippen molar-refractivity contribution in [1.29, 1.82) is 0 Å². The summed E-state index contributed by atoms with van der Waals surface area (Å²) in [7, 11) is 4.83. The summed E-state index contributed by atoms with van der Waals surface area (Å²) < 4.78 is 21.4. The second-order valence-electron chi connectivity index (χ2n) is 4.63. The topological polar surface area (TPSA) is 49.0 Å². The summed E-state index contributed by atoms with van der Waals surface area (Å²) in [5.41, 5.74) is 1.07. The maximum Gasteiger partial charge on any atom is 0.203 e. The minimum absolute atomic E-state index is 0.262. The maximum absolute atomic E-state index is 5.47. The van der Waals surface area contributed by atoms with E-state index in [0.29, 0.717) is 23.9 Å². The molecule has 0 spiro atoms. The highest BCUT2D eigenvalue weighted by Crippen LogP contribution is 2.38.